The number of urea groups is 1. The van der Waals surface area contributed by atoms with Crippen molar-refractivity contribution in [2.24, 2.45) is 27.9 Å². The molecule has 2 aliphatic heterocycles. The molecule has 19 N–H and O–H groups in total. The van der Waals surface area contributed by atoms with Gasteiger partial charge in [0.15, 0.2) is 5.96 Å². The Morgan fingerprint density at radius 2 is 1.62 bits per heavy atom. The molecular formula is C25H43N13O10. The van der Waals surface area contributed by atoms with Crippen molar-refractivity contribution in [2.45, 2.75) is 61.6 Å². The predicted octanol–water partition coefficient (Wildman–Crippen LogP) is -9.23. The monoisotopic (exact) mass is 685 g/mol. The van der Waals surface area contributed by atoms with E-state index in [4.69, 9.17) is 22.9 Å². The average Bonchev–Trinajstić information content (AvgIpc) is 3.03. The number of amides is 8. The fourth-order valence-electron chi connectivity index (χ4n) is 4.41. The first-order valence-electron chi connectivity index (χ1n) is 14.7. The Labute approximate surface area is 273 Å². The lowest BCUT2D eigenvalue weighted by molar-refractivity contribution is -0.135. The van der Waals surface area contributed by atoms with Crippen LogP contribution in [0.4, 0.5) is 4.79 Å². The highest BCUT2D eigenvalue weighted by molar-refractivity contribution is 6.02. The number of aliphatic hydroxyl groups excluding tert-OH is 3. The van der Waals surface area contributed by atoms with Crippen LogP contribution in [-0.2, 0) is 28.8 Å². The van der Waals surface area contributed by atoms with E-state index < -0.39 is 116 Å². The first-order chi connectivity index (χ1) is 22.7. The molecule has 0 aliphatic carbocycles. The highest BCUT2D eigenvalue weighted by Gasteiger charge is 2.36. The van der Waals surface area contributed by atoms with Crippen molar-refractivity contribution in [3.8, 4) is 0 Å². The van der Waals surface area contributed by atoms with E-state index in [1.54, 1.807) is 0 Å². The van der Waals surface area contributed by atoms with E-state index >= 15 is 0 Å². The number of aliphatic hydroxyl groups is 3. The number of nitrogens with zero attached hydrogens (tertiary/aromatic N) is 1. The molecule has 0 bridgehead atoms. The van der Waals surface area contributed by atoms with Crippen molar-refractivity contribution < 1.29 is 48.9 Å². The topological polar surface area (TPSA) is 393 Å². The largest absolute Gasteiger partial charge is 0.394 e. The second-order valence-corrected chi connectivity index (χ2v) is 10.7. The van der Waals surface area contributed by atoms with Crippen LogP contribution in [0.3, 0.4) is 0 Å². The van der Waals surface area contributed by atoms with Crippen LogP contribution in [0.15, 0.2) is 16.9 Å². The van der Waals surface area contributed by atoms with Crippen LogP contribution >= 0.6 is 0 Å². The minimum atomic E-state index is -1.77. The molecular weight excluding hydrogens is 642 g/mol. The van der Waals surface area contributed by atoms with Crippen LogP contribution in [0.5, 0.6) is 0 Å². The Morgan fingerprint density at radius 1 is 0.979 bits per heavy atom. The number of carbonyl (C=O) groups excluding carboxylic acids is 7. The lowest BCUT2D eigenvalue weighted by Gasteiger charge is -2.31. The third-order valence-corrected chi connectivity index (χ3v) is 7.03. The van der Waals surface area contributed by atoms with Crippen molar-refractivity contribution in [1.29, 1.82) is 0 Å². The first-order valence-corrected chi connectivity index (χ1v) is 14.7. The molecule has 1 saturated heterocycles. The van der Waals surface area contributed by atoms with Gasteiger partial charge in [0.2, 0.25) is 29.5 Å². The summed E-state index contributed by atoms with van der Waals surface area (Å²) in [5.74, 6) is -6.43. The average molecular weight is 686 g/mol. The number of primary amides is 1. The maximum absolute atomic E-state index is 13.6. The second-order valence-electron chi connectivity index (χ2n) is 10.7. The molecule has 0 aromatic heterocycles. The van der Waals surface area contributed by atoms with Gasteiger partial charge in [0.25, 0.3) is 5.91 Å². The fourth-order valence-corrected chi connectivity index (χ4v) is 4.41. The van der Waals surface area contributed by atoms with Crippen molar-refractivity contribution in [2.75, 3.05) is 32.8 Å². The normalized spacial score (nSPS) is 26.7. The summed E-state index contributed by atoms with van der Waals surface area (Å²) in [4.78, 5) is 94.2. The first kappa shape index (κ1) is 39.1. The number of carbonyl (C=O) groups is 7. The van der Waals surface area contributed by atoms with E-state index in [1.165, 1.54) is 0 Å². The molecule has 8 amide bonds. The fraction of sp³-hybridized carbons (Fsp3) is 0.600. The van der Waals surface area contributed by atoms with Crippen LogP contribution in [0.1, 0.15) is 19.3 Å². The van der Waals surface area contributed by atoms with E-state index in [0.717, 1.165) is 0 Å². The van der Waals surface area contributed by atoms with Gasteiger partial charge in [-0.15, -0.1) is 0 Å². The summed E-state index contributed by atoms with van der Waals surface area (Å²) in [6, 6.07) is -9.75. The molecule has 0 spiro atoms. The number of guanidine groups is 1. The molecule has 7 atom stereocenters. The zero-order valence-corrected chi connectivity index (χ0v) is 25.7. The zero-order chi connectivity index (χ0) is 36.0. The van der Waals surface area contributed by atoms with Gasteiger partial charge in [-0.1, -0.05) is 0 Å². The maximum atomic E-state index is 13.6. The molecule has 23 heteroatoms. The van der Waals surface area contributed by atoms with Crippen LogP contribution in [0.2, 0.25) is 0 Å². The zero-order valence-electron chi connectivity index (χ0n) is 25.7. The van der Waals surface area contributed by atoms with E-state index in [-0.39, 0.29) is 31.9 Å². The van der Waals surface area contributed by atoms with Gasteiger partial charge in [0.05, 0.1) is 25.4 Å². The molecule has 0 saturated carbocycles. The molecule has 0 aromatic carbocycles. The Hall–Kier alpha value is -5.10. The number of nitrogens with one attached hydrogen (secondary N) is 8. The predicted molar refractivity (Wildman–Crippen MR) is 164 cm³/mol. The van der Waals surface area contributed by atoms with E-state index in [0.29, 0.717) is 6.20 Å². The van der Waals surface area contributed by atoms with Crippen molar-refractivity contribution >= 4 is 47.4 Å². The minimum absolute atomic E-state index is 0.0610. The van der Waals surface area contributed by atoms with Gasteiger partial charge in [-0.25, -0.2) is 4.79 Å². The van der Waals surface area contributed by atoms with Gasteiger partial charge in [-0.2, -0.15) is 0 Å². The van der Waals surface area contributed by atoms with Crippen LogP contribution < -0.4 is 65.5 Å². The summed E-state index contributed by atoms with van der Waals surface area (Å²) in [5, 5.41) is 48.0. The van der Waals surface area contributed by atoms with Crippen molar-refractivity contribution in [3.05, 3.63) is 11.9 Å². The highest BCUT2D eigenvalue weighted by Crippen LogP contribution is 2.07. The molecule has 23 nitrogen and oxygen atoms in total. The molecule has 48 heavy (non-hydrogen) atoms. The Morgan fingerprint density at radius 3 is 2.23 bits per heavy atom. The third-order valence-electron chi connectivity index (χ3n) is 7.03. The summed E-state index contributed by atoms with van der Waals surface area (Å²) < 4.78 is 0. The molecule has 6 unspecified atom stereocenters. The molecule has 0 aromatic rings. The molecule has 2 aliphatic rings. The van der Waals surface area contributed by atoms with Gasteiger partial charge in [-0.3, -0.25) is 33.8 Å². The number of nitrogens with two attached hydrogens (primary N) is 4. The Balaban J connectivity index is 2.52. The third kappa shape index (κ3) is 11.9. The second kappa shape index (κ2) is 18.9. The molecule has 2 rings (SSSR count). The summed E-state index contributed by atoms with van der Waals surface area (Å²) >= 11 is 0. The number of rotatable bonds is 10. The Kier molecular flexibility index (Phi) is 15.4. The number of hydrogen-bond donors (Lipinski definition) is 15. The van der Waals surface area contributed by atoms with Crippen molar-refractivity contribution in [1.82, 2.24) is 42.5 Å². The van der Waals surface area contributed by atoms with Crippen molar-refractivity contribution in [3.63, 3.8) is 0 Å². The smallest absolute Gasteiger partial charge is 0.316 e. The maximum Gasteiger partial charge on any atom is 0.316 e. The summed E-state index contributed by atoms with van der Waals surface area (Å²) in [7, 11) is 0. The molecule has 2 heterocycles. The van der Waals surface area contributed by atoms with E-state index in [9.17, 15) is 48.9 Å². The summed E-state index contributed by atoms with van der Waals surface area (Å²) in [5.41, 5.74) is 21.4. The standard InChI is InChI=1S/C25H43N13O10/c26-3-1-16(41)10(27)5-17(42)33-12-6-31-23(47)18(11-2-4-30-24(28)37-11)38-20(44)13(7-32-25(29)48)34-21(45)14(8-39)36-22(46)15(9-40)35-19(12)43/h7,10-12,14-16,18,39-41H,1-6,8-9,26-27H2,(H,31,47)(H,33,42)(H,34,45)(H,35,43)(H,36,46)(H,38,44)(H3,28,30,37)(H3,29,32,48)/t10?,11?,12?,14?,15?,16?,18-/m1/s1. The van der Waals surface area contributed by atoms with Gasteiger partial charge >= 0.3 is 6.03 Å². The van der Waals surface area contributed by atoms with Gasteiger partial charge in [0, 0.05) is 31.8 Å². The minimum Gasteiger partial charge on any atom is -0.394 e. The summed E-state index contributed by atoms with van der Waals surface area (Å²) in [6.07, 6.45) is -0.684. The molecule has 268 valence electrons. The summed E-state index contributed by atoms with van der Waals surface area (Å²) in [6.45, 7) is -2.46. The number of aliphatic imine (C=N–C) groups is 1. The van der Waals surface area contributed by atoms with Crippen LogP contribution in [-0.4, -0.2) is 138 Å². The number of hydrogen-bond acceptors (Lipinski definition) is 15. The van der Waals surface area contributed by atoms with Gasteiger partial charge in [0.1, 0.15) is 29.9 Å². The molecule has 0 radical (unpaired) electrons. The van der Waals surface area contributed by atoms with Gasteiger partial charge < -0.3 is 80.8 Å². The van der Waals surface area contributed by atoms with Crippen LogP contribution in [0, 0.1) is 0 Å². The molecule has 1 fully saturated rings. The van der Waals surface area contributed by atoms with Crippen LogP contribution in [0.25, 0.3) is 0 Å². The van der Waals surface area contributed by atoms with Gasteiger partial charge in [-0.05, 0) is 19.4 Å². The lowest BCUT2D eigenvalue weighted by Crippen LogP contribution is -2.64. The van der Waals surface area contributed by atoms with E-state index in [1.807, 2.05) is 5.32 Å². The Bertz CT molecular complexity index is 1280. The highest BCUT2D eigenvalue weighted by atomic mass is 16.3. The van der Waals surface area contributed by atoms with E-state index in [2.05, 4.69) is 42.2 Å². The lowest BCUT2D eigenvalue weighted by atomic mass is 10.0. The SMILES string of the molecule is NCCC(O)C(N)CC(=O)NC1CNC(=O)[C@@H](C2CCN=C(N)N2)NC(=O)C(=CNC(N)=O)NC(=O)C(CO)NC(=O)C(CO)NC1=O. The quantitative estimate of drug-likeness (QED) is 0.0950.